The second-order valence-corrected chi connectivity index (χ2v) is 4.10. The lowest BCUT2D eigenvalue weighted by molar-refractivity contribution is 0.179. The fourth-order valence-corrected chi connectivity index (χ4v) is 2.07. The first-order valence-electron chi connectivity index (χ1n) is 5.39. The molecule has 1 aliphatic rings. The number of para-hydroxylation sites is 1. The van der Waals surface area contributed by atoms with Crippen LogP contribution in [0.2, 0.25) is 0 Å². The van der Waals surface area contributed by atoms with Gasteiger partial charge in [0.05, 0.1) is 0 Å². The number of hydrogen-bond acceptors (Lipinski definition) is 2. The molecule has 0 bridgehead atoms. The van der Waals surface area contributed by atoms with E-state index in [0.29, 0.717) is 13.0 Å². The number of piperidine rings is 1. The van der Waals surface area contributed by atoms with Gasteiger partial charge >= 0.3 is 0 Å². The van der Waals surface area contributed by atoms with Gasteiger partial charge in [0.25, 0.3) is 0 Å². The van der Waals surface area contributed by atoms with Gasteiger partial charge in [-0.05, 0) is 36.9 Å². The predicted octanol–water partition coefficient (Wildman–Crippen LogP) is 1.88. The molecule has 2 N–H and O–H groups in total. The number of rotatable bonds is 2. The van der Waals surface area contributed by atoms with Crippen LogP contribution in [0.1, 0.15) is 12.0 Å². The summed E-state index contributed by atoms with van der Waals surface area (Å²) >= 11 is 0. The van der Waals surface area contributed by atoms with E-state index < -0.39 is 6.17 Å². The van der Waals surface area contributed by atoms with Gasteiger partial charge in [-0.1, -0.05) is 18.2 Å². The summed E-state index contributed by atoms with van der Waals surface area (Å²) in [7, 11) is 0. The number of aromatic hydroxyl groups is 1. The van der Waals surface area contributed by atoms with Crippen molar-refractivity contribution >= 4 is 0 Å². The van der Waals surface area contributed by atoms with Gasteiger partial charge in [0.2, 0.25) is 0 Å². The third kappa shape index (κ3) is 2.48. The van der Waals surface area contributed by atoms with Crippen molar-refractivity contribution in [2.24, 2.45) is 5.92 Å². The van der Waals surface area contributed by atoms with Gasteiger partial charge in [0.15, 0.2) is 0 Å². The van der Waals surface area contributed by atoms with Crippen LogP contribution in [0.25, 0.3) is 0 Å². The molecule has 1 aromatic carbocycles. The molecule has 1 fully saturated rings. The molecule has 0 aromatic heterocycles. The Morgan fingerprint density at radius 3 is 2.93 bits per heavy atom. The molecule has 2 nitrogen and oxygen atoms in total. The fourth-order valence-electron chi connectivity index (χ4n) is 2.07. The third-order valence-electron chi connectivity index (χ3n) is 3.02. The Morgan fingerprint density at radius 1 is 1.40 bits per heavy atom. The Bertz CT molecular complexity index is 329. The SMILES string of the molecule is Oc1ccccc1CC1CCNCC1F. The summed E-state index contributed by atoms with van der Waals surface area (Å²) in [5, 5.41) is 12.6. The largest absolute Gasteiger partial charge is 0.508 e. The number of phenolic OH excluding ortho intramolecular Hbond substituents is 1. The van der Waals surface area contributed by atoms with Crippen LogP contribution in [0.5, 0.6) is 5.75 Å². The summed E-state index contributed by atoms with van der Waals surface area (Å²) in [6.45, 7) is 1.32. The molecular weight excluding hydrogens is 193 g/mol. The maximum Gasteiger partial charge on any atom is 0.118 e. The normalized spacial score (nSPS) is 26.5. The lowest BCUT2D eigenvalue weighted by Crippen LogP contribution is -2.38. The molecule has 1 aliphatic heterocycles. The minimum atomic E-state index is -0.793. The molecule has 0 saturated carbocycles. The molecule has 2 unspecified atom stereocenters. The Hall–Kier alpha value is -1.09. The van der Waals surface area contributed by atoms with Crippen LogP contribution >= 0.6 is 0 Å². The topological polar surface area (TPSA) is 32.3 Å². The molecular formula is C12H16FNO. The van der Waals surface area contributed by atoms with Gasteiger partial charge in [0.1, 0.15) is 11.9 Å². The Labute approximate surface area is 89.1 Å². The van der Waals surface area contributed by atoms with Crippen LogP contribution in [-0.2, 0) is 6.42 Å². The van der Waals surface area contributed by atoms with E-state index >= 15 is 0 Å². The first kappa shape index (κ1) is 10.4. The lowest BCUT2D eigenvalue weighted by Gasteiger charge is -2.26. The highest BCUT2D eigenvalue weighted by molar-refractivity contribution is 5.32. The van der Waals surface area contributed by atoms with Gasteiger partial charge in [0, 0.05) is 6.54 Å². The molecule has 0 radical (unpaired) electrons. The maximum atomic E-state index is 13.5. The number of nitrogens with one attached hydrogen (secondary N) is 1. The van der Waals surface area contributed by atoms with E-state index in [0.717, 1.165) is 18.5 Å². The molecule has 2 rings (SSSR count). The first-order valence-corrected chi connectivity index (χ1v) is 5.39. The van der Waals surface area contributed by atoms with E-state index in [9.17, 15) is 9.50 Å². The van der Waals surface area contributed by atoms with Gasteiger partial charge in [-0.25, -0.2) is 4.39 Å². The van der Waals surface area contributed by atoms with Crippen molar-refractivity contribution in [1.82, 2.24) is 5.32 Å². The summed E-state index contributed by atoms with van der Waals surface area (Å²) < 4.78 is 13.5. The Balaban J connectivity index is 2.04. The average Bonchev–Trinajstić information content (AvgIpc) is 2.24. The third-order valence-corrected chi connectivity index (χ3v) is 3.02. The van der Waals surface area contributed by atoms with Crippen molar-refractivity contribution in [2.75, 3.05) is 13.1 Å². The van der Waals surface area contributed by atoms with E-state index in [2.05, 4.69) is 5.32 Å². The first-order chi connectivity index (χ1) is 7.27. The van der Waals surface area contributed by atoms with Gasteiger partial charge in [-0.3, -0.25) is 0 Å². The number of benzene rings is 1. The Kier molecular flexibility index (Phi) is 3.21. The molecule has 0 amide bonds. The van der Waals surface area contributed by atoms with Crippen LogP contribution < -0.4 is 5.32 Å². The smallest absolute Gasteiger partial charge is 0.118 e. The summed E-state index contributed by atoms with van der Waals surface area (Å²) in [5.41, 5.74) is 0.854. The maximum absolute atomic E-state index is 13.5. The van der Waals surface area contributed by atoms with Crippen molar-refractivity contribution in [1.29, 1.82) is 0 Å². The van der Waals surface area contributed by atoms with Crippen molar-refractivity contribution < 1.29 is 9.50 Å². The molecule has 2 atom stereocenters. The summed E-state index contributed by atoms with van der Waals surface area (Å²) in [6.07, 6.45) is 0.684. The van der Waals surface area contributed by atoms with Gasteiger partial charge < -0.3 is 10.4 Å². The molecule has 82 valence electrons. The highest BCUT2D eigenvalue weighted by atomic mass is 19.1. The number of halogens is 1. The van der Waals surface area contributed by atoms with Crippen LogP contribution in [0, 0.1) is 5.92 Å². The second-order valence-electron chi connectivity index (χ2n) is 4.10. The fraction of sp³-hybridized carbons (Fsp3) is 0.500. The van der Waals surface area contributed by atoms with Crippen molar-refractivity contribution in [3.63, 3.8) is 0 Å². The molecule has 0 spiro atoms. The van der Waals surface area contributed by atoms with Crippen molar-refractivity contribution in [3.8, 4) is 5.75 Å². The lowest BCUT2D eigenvalue weighted by atomic mass is 9.89. The van der Waals surface area contributed by atoms with E-state index in [1.807, 2.05) is 12.1 Å². The standard InChI is InChI=1S/C12H16FNO/c13-11-8-14-6-5-9(11)7-10-3-1-2-4-12(10)15/h1-4,9,11,14-15H,5-8H2. The van der Waals surface area contributed by atoms with Gasteiger partial charge in [-0.15, -0.1) is 0 Å². The molecule has 1 saturated heterocycles. The van der Waals surface area contributed by atoms with Crippen LogP contribution in [0.3, 0.4) is 0 Å². The van der Waals surface area contributed by atoms with E-state index in [-0.39, 0.29) is 11.7 Å². The average molecular weight is 209 g/mol. The predicted molar refractivity (Wildman–Crippen MR) is 57.7 cm³/mol. The molecule has 0 aliphatic carbocycles. The quantitative estimate of drug-likeness (QED) is 0.779. The summed E-state index contributed by atoms with van der Waals surface area (Å²) in [5.74, 6) is 0.322. The molecule has 15 heavy (non-hydrogen) atoms. The number of hydrogen-bond donors (Lipinski definition) is 2. The highest BCUT2D eigenvalue weighted by Crippen LogP contribution is 2.25. The zero-order chi connectivity index (χ0) is 10.7. The second kappa shape index (κ2) is 4.62. The van der Waals surface area contributed by atoms with E-state index in [1.54, 1.807) is 12.1 Å². The Morgan fingerprint density at radius 2 is 2.20 bits per heavy atom. The number of phenols is 1. The van der Waals surface area contributed by atoms with Crippen LogP contribution in [-0.4, -0.2) is 24.4 Å². The van der Waals surface area contributed by atoms with Crippen LogP contribution in [0.15, 0.2) is 24.3 Å². The minimum Gasteiger partial charge on any atom is -0.508 e. The van der Waals surface area contributed by atoms with Crippen molar-refractivity contribution in [2.45, 2.75) is 19.0 Å². The zero-order valence-electron chi connectivity index (χ0n) is 8.62. The van der Waals surface area contributed by atoms with Crippen LogP contribution in [0.4, 0.5) is 4.39 Å². The van der Waals surface area contributed by atoms with E-state index in [4.69, 9.17) is 0 Å². The zero-order valence-corrected chi connectivity index (χ0v) is 8.62. The van der Waals surface area contributed by atoms with E-state index in [1.165, 1.54) is 0 Å². The number of alkyl halides is 1. The molecule has 3 heteroatoms. The summed E-state index contributed by atoms with van der Waals surface area (Å²) in [6, 6.07) is 7.19. The highest BCUT2D eigenvalue weighted by Gasteiger charge is 2.25. The molecule has 1 heterocycles. The summed E-state index contributed by atoms with van der Waals surface area (Å²) in [4.78, 5) is 0. The van der Waals surface area contributed by atoms with Gasteiger partial charge in [-0.2, -0.15) is 0 Å². The molecule has 1 aromatic rings. The monoisotopic (exact) mass is 209 g/mol. The minimum absolute atomic E-state index is 0.0412. The van der Waals surface area contributed by atoms with Crippen molar-refractivity contribution in [3.05, 3.63) is 29.8 Å².